The molecular formula is C29H36N6O3. The Balaban J connectivity index is 1.60. The van der Waals surface area contributed by atoms with Crippen LogP contribution < -0.4 is 10.1 Å². The molecule has 0 bridgehead atoms. The van der Waals surface area contributed by atoms with Crippen molar-refractivity contribution in [1.29, 1.82) is 0 Å². The van der Waals surface area contributed by atoms with Gasteiger partial charge in [-0.05, 0) is 80.5 Å². The van der Waals surface area contributed by atoms with Gasteiger partial charge in [-0.2, -0.15) is 10.2 Å². The van der Waals surface area contributed by atoms with Crippen LogP contribution in [0.25, 0.3) is 22.3 Å². The number of likely N-dealkylation sites (N-methyl/N-ethyl adjacent to an activating group) is 1. The third kappa shape index (κ3) is 6.67. The number of hydrogen-bond acceptors (Lipinski definition) is 6. The predicted octanol–water partition coefficient (Wildman–Crippen LogP) is 4.29. The van der Waals surface area contributed by atoms with E-state index >= 15 is 0 Å². The maximum absolute atomic E-state index is 13.4. The second-order valence-corrected chi connectivity index (χ2v) is 9.76. The highest BCUT2D eigenvalue weighted by Crippen LogP contribution is 2.31. The molecular weight excluding hydrogens is 480 g/mol. The molecule has 0 saturated carbocycles. The number of nitrogens with one attached hydrogen (secondary N) is 1. The van der Waals surface area contributed by atoms with Crippen molar-refractivity contribution in [2.45, 2.75) is 26.6 Å². The zero-order valence-electron chi connectivity index (χ0n) is 22.9. The normalized spacial score (nSPS) is 12.1. The van der Waals surface area contributed by atoms with E-state index in [0.29, 0.717) is 24.7 Å². The van der Waals surface area contributed by atoms with Gasteiger partial charge in [0.15, 0.2) is 0 Å². The van der Waals surface area contributed by atoms with Crippen LogP contribution in [0.4, 0.5) is 0 Å². The highest BCUT2D eigenvalue weighted by molar-refractivity contribution is 5.96. The highest BCUT2D eigenvalue weighted by Gasteiger charge is 2.17. The second-order valence-electron chi connectivity index (χ2n) is 9.76. The van der Waals surface area contributed by atoms with E-state index in [0.717, 1.165) is 39.9 Å². The number of hydrogen-bond donors (Lipinski definition) is 1. The van der Waals surface area contributed by atoms with Crippen LogP contribution in [0, 0.1) is 6.92 Å². The zero-order chi connectivity index (χ0) is 27.2. The van der Waals surface area contributed by atoms with E-state index in [2.05, 4.69) is 38.6 Å². The van der Waals surface area contributed by atoms with Crippen LogP contribution in [-0.4, -0.2) is 64.7 Å². The van der Waals surface area contributed by atoms with Crippen molar-refractivity contribution in [1.82, 2.24) is 29.8 Å². The standard InChI is InChI=1S/C29H36N6O3/c1-20-7-8-27(38-10-9-33(3)4)14-28(20)29(36)32-21(2)22-11-23(25-15-30-34(5)17-25)13-24(12-22)26-16-31-35(18-26)19-37-6/h7-8,11-18,21H,9-10,19H2,1-6H3,(H,32,36)/t21-/m1/s1. The van der Waals surface area contributed by atoms with E-state index in [1.807, 2.05) is 78.0 Å². The molecule has 1 atom stereocenters. The topological polar surface area (TPSA) is 86.4 Å². The summed E-state index contributed by atoms with van der Waals surface area (Å²) in [6.45, 7) is 5.65. The number of amides is 1. The van der Waals surface area contributed by atoms with Crippen LogP contribution >= 0.6 is 0 Å². The first-order valence-corrected chi connectivity index (χ1v) is 12.6. The summed E-state index contributed by atoms with van der Waals surface area (Å²) < 4.78 is 14.6. The van der Waals surface area contributed by atoms with Crippen LogP contribution in [0.1, 0.15) is 34.5 Å². The molecule has 2 aromatic carbocycles. The maximum atomic E-state index is 13.4. The Hall–Kier alpha value is -3.95. The summed E-state index contributed by atoms with van der Waals surface area (Å²) >= 11 is 0. The van der Waals surface area contributed by atoms with Crippen molar-refractivity contribution in [2.24, 2.45) is 7.05 Å². The molecule has 1 amide bonds. The van der Waals surface area contributed by atoms with E-state index in [4.69, 9.17) is 9.47 Å². The molecule has 9 nitrogen and oxygen atoms in total. The number of benzene rings is 2. The molecule has 2 aromatic heterocycles. The molecule has 0 aliphatic heterocycles. The van der Waals surface area contributed by atoms with Gasteiger partial charge in [0.2, 0.25) is 0 Å². The lowest BCUT2D eigenvalue weighted by atomic mass is 9.96. The van der Waals surface area contributed by atoms with Gasteiger partial charge in [-0.1, -0.05) is 6.07 Å². The predicted molar refractivity (Wildman–Crippen MR) is 148 cm³/mol. The van der Waals surface area contributed by atoms with Crippen molar-refractivity contribution in [3.05, 3.63) is 77.9 Å². The first-order valence-electron chi connectivity index (χ1n) is 12.6. The van der Waals surface area contributed by atoms with E-state index in [1.54, 1.807) is 16.5 Å². The number of carbonyl (C=O) groups excluding carboxylic acids is 1. The van der Waals surface area contributed by atoms with Gasteiger partial charge in [0.25, 0.3) is 5.91 Å². The molecule has 9 heteroatoms. The summed E-state index contributed by atoms with van der Waals surface area (Å²) in [6, 6.07) is 11.7. The molecule has 0 aliphatic rings. The Morgan fingerprint density at radius 1 is 1.03 bits per heavy atom. The first kappa shape index (κ1) is 27.1. The summed E-state index contributed by atoms with van der Waals surface area (Å²) in [6.07, 6.45) is 7.58. The number of aryl methyl sites for hydroxylation is 2. The average molecular weight is 517 g/mol. The minimum Gasteiger partial charge on any atom is -0.492 e. The summed E-state index contributed by atoms with van der Waals surface area (Å²) in [4.78, 5) is 15.4. The van der Waals surface area contributed by atoms with Gasteiger partial charge < -0.3 is 19.7 Å². The lowest BCUT2D eigenvalue weighted by Crippen LogP contribution is -2.27. The number of ether oxygens (including phenoxy) is 2. The Morgan fingerprint density at radius 2 is 1.74 bits per heavy atom. The number of carbonyl (C=O) groups is 1. The largest absolute Gasteiger partial charge is 0.492 e. The molecule has 0 unspecified atom stereocenters. The van der Waals surface area contributed by atoms with Crippen LogP contribution in [0.3, 0.4) is 0 Å². The minimum absolute atomic E-state index is 0.144. The van der Waals surface area contributed by atoms with Crippen molar-refractivity contribution < 1.29 is 14.3 Å². The van der Waals surface area contributed by atoms with Gasteiger partial charge in [-0.15, -0.1) is 0 Å². The molecule has 0 fully saturated rings. The third-order valence-corrected chi connectivity index (χ3v) is 6.33. The van der Waals surface area contributed by atoms with Crippen molar-refractivity contribution in [3.63, 3.8) is 0 Å². The van der Waals surface area contributed by atoms with Crippen molar-refractivity contribution in [3.8, 4) is 28.0 Å². The van der Waals surface area contributed by atoms with E-state index in [1.165, 1.54) is 0 Å². The summed E-state index contributed by atoms with van der Waals surface area (Å²) in [7, 11) is 7.53. The Bertz CT molecular complexity index is 1390. The zero-order valence-corrected chi connectivity index (χ0v) is 22.9. The fourth-order valence-corrected chi connectivity index (χ4v) is 4.16. The Morgan fingerprint density at radius 3 is 2.39 bits per heavy atom. The maximum Gasteiger partial charge on any atom is 0.252 e. The molecule has 200 valence electrons. The number of nitrogens with zero attached hydrogens (tertiary/aromatic N) is 5. The van der Waals surface area contributed by atoms with Crippen LogP contribution in [0.15, 0.2) is 61.2 Å². The summed E-state index contributed by atoms with van der Waals surface area (Å²) in [5.74, 6) is 0.540. The van der Waals surface area contributed by atoms with Crippen LogP contribution in [0.5, 0.6) is 5.75 Å². The lowest BCUT2D eigenvalue weighted by Gasteiger charge is -2.18. The quantitative estimate of drug-likeness (QED) is 0.320. The summed E-state index contributed by atoms with van der Waals surface area (Å²) in [5, 5.41) is 11.9. The first-order chi connectivity index (χ1) is 18.2. The molecule has 4 rings (SSSR count). The molecule has 0 aliphatic carbocycles. The molecule has 0 spiro atoms. The lowest BCUT2D eigenvalue weighted by molar-refractivity contribution is 0.0938. The average Bonchev–Trinajstić information content (AvgIpc) is 3.54. The highest BCUT2D eigenvalue weighted by atomic mass is 16.5. The van der Waals surface area contributed by atoms with Crippen LogP contribution in [0.2, 0.25) is 0 Å². The minimum atomic E-state index is -0.246. The Kier molecular flexibility index (Phi) is 8.60. The number of aromatic nitrogens is 4. The van der Waals surface area contributed by atoms with Crippen LogP contribution in [-0.2, 0) is 18.5 Å². The summed E-state index contributed by atoms with van der Waals surface area (Å²) in [5.41, 5.74) is 6.44. The van der Waals surface area contributed by atoms with Gasteiger partial charge in [0, 0.05) is 49.8 Å². The number of rotatable bonds is 11. The number of methoxy groups -OCH3 is 1. The van der Waals surface area contributed by atoms with Gasteiger partial charge in [0.1, 0.15) is 19.1 Å². The molecule has 2 heterocycles. The van der Waals surface area contributed by atoms with Gasteiger partial charge in [0.05, 0.1) is 18.4 Å². The van der Waals surface area contributed by atoms with Crippen molar-refractivity contribution in [2.75, 3.05) is 34.4 Å². The second kappa shape index (κ2) is 12.1. The van der Waals surface area contributed by atoms with E-state index in [-0.39, 0.29) is 11.9 Å². The van der Waals surface area contributed by atoms with Gasteiger partial charge >= 0.3 is 0 Å². The van der Waals surface area contributed by atoms with E-state index in [9.17, 15) is 4.79 Å². The Labute approximate surface area is 224 Å². The molecule has 38 heavy (non-hydrogen) atoms. The van der Waals surface area contributed by atoms with Crippen molar-refractivity contribution >= 4 is 5.91 Å². The SMILES string of the molecule is COCn1cc(-c2cc(-c3cnn(C)c3)cc([C@@H](C)NC(=O)c3cc(OCCN(C)C)ccc3C)c2)cn1. The molecule has 1 N–H and O–H groups in total. The van der Waals surface area contributed by atoms with Gasteiger partial charge in [-0.25, -0.2) is 4.68 Å². The molecule has 0 radical (unpaired) electrons. The van der Waals surface area contributed by atoms with Gasteiger partial charge in [-0.3, -0.25) is 9.48 Å². The fraction of sp³-hybridized carbons (Fsp3) is 0.345. The molecule has 4 aromatic rings. The molecule has 0 saturated heterocycles. The third-order valence-electron chi connectivity index (χ3n) is 6.33. The smallest absolute Gasteiger partial charge is 0.252 e. The van der Waals surface area contributed by atoms with E-state index < -0.39 is 0 Å². The fourth-order valence-electron chi connectivity index (χ4n) is 4.16. The monoisotopic (exact) mass is 516 g/mol.